The Hall–Kier alpha value is -1.49. The molecule has 1 saturated heterocycles. The summed E-state index contributed by atoms with van der Waals surface area (Å²) in [6, 6.07) is 1.90. The Balaban J connectivity index is 2.15. The lowest BCUT2D eigenvalue weighted by Gasteiger charge is -2.35. The Morgan fingerprint density at radius 1 is 1.40 bits per heavy atom. The highest BCUT2D eigenvalue weighted by Gasteiger charge is 2.38. The Labute approximate surface area is 120 Å². The Bertz CT molecular complexity index is 455. The van der Waals surface area contributed by atoms with Crippen molar-refractivity contribution in [3.05, 3.63) is 17.5 Å². The molecule has 5 heteroatoms. The summed E-state index contributed by atoms with van der Waals surface area (Å²) in [6.07, 6.45) is 3.88. The first-order valence-corrected chi connectivity index (χ1v) is 7.40. The van der Waals surface area contributed by atoms with Gasteiger partial charge in [0.1, 0.15) is 0 Å². The zero-order valence-electron chi connectivity index (χ0n) is 12.6. The number of aromatic nitrogens is 2. The van der Waals surface area contributed by atoms with Gasteiger partial charge in [0.15, 0.2) is 0 Å². The van der Waals surface area contributed by atoms with Crippen molar-refractivity contribution in [2.24, 2.45) is 5.41 Å². The number of hydrogen-bond donors (Lipinski definition) is 2. The molecule has 20 heavy (non-hydrogen) atoms. The molecule has 0 aliphatic carbocycles. The van der Waals surface area contributed by atoms with E-state index in [0.717, 1.165) is 50.2 Å². The lowest BCUT2D eigenvalue weighted by molar-refractivity contribution is -0.127. The fourth-order valence-corrected chi connectivity index (χ4v) is 2.98. The molecule has 1 aromatic rings. The van der Waals surface area contributed by atoms with Crippen LogP contribution in [0.4, 0.5) is 5.95 Å². The van der Waals surface area contributed by atoms with Crippen LogP contribution in [0, 0.1) is 19.3 Å². The minimum Gasteiger partial charge on any atom is -0.316 e. The molecule has 1 unspecified atom stereocenters. The van der Waals surface area contributed by atoms with Crippen LogP contribution in [0.3, 0.4) is 0 Å². The van der Waals surface area contributed by atoms with E-state index in [1.165, 1.54) is 0 Å². The van der Waals surface area contributed by atoms with Crippen molar-refractivity contribution in [2.75, 3.05) is 18.4 Å². The van der Waals surface area contributed by atoms with Gasteiger partial charge < -0.3 is 5.32 Å². The molecule has 0 radical (unpaired) electrons. The van der Waals surface area contributed by atoms with Gasteiger partial charge in [-0.2, -0.15) is 0 Å². The Morgan fingerprint density at radius 2 is 2.10 bits per heavy atom. The minimum absolute atomic E-state index is 0.0524. The molecule has 1 amide bonds. The van der Waals surface area contributed by atoms with Crippen LogP contribution >= 0.6 is 0 Å². The second-order valence-corrected chi connectivity index (χ2v) is 5.74. The average molecular weight is 276 g/mol. The van der Waals surface area contributed by atoms with Crippen molar-refractivity contribution in [2.45, 2.75) is 46.5 Å². The van der Waals surface area contributed by atoms with Crippen LogP contribution in [0.15, 0.2) is 6.07 Å². The van der Waals surface area contributed by atoms with Gasteiger partial charge in [0.25, 0.3) is 0 Å². The SMILES string of the molecule is CCCC1(C(=O)Nc2nc(C)cc(C)n2)CCCNC1. The molecule has 110 valence electrons. The van der Waals surface area contributed by atoms with Crippen LogP contribution in [-0.2, 0) is 4.79 Å². The molecule has 0 saturated carbocycles. The second-order valence-electron chi connectivity index (χ2n) is 5.74. The summed E-state index contributed by atoms with van der Waals surface area (Å²) in [5.41, 5.74) is 1.44. The molecule has 1 aliphatic rings. The number of piperidine rings is 1. The van der Waals surface area contributed by atoms with E-state index >= 15 is 0 Å². The van der Waals surface area contributed by atoms with E-state index in [0.29, 0.717) is 5.95 Å². The fraction of sp³-hybridized carbons (Fsp3) is 0.667. The maximum atomic E-state index is 12.7. The Kier molecular flexibility index (Phi) is 4.70. The summed E-state index contributed by atoms with van der Waals surface area (Å²) >= 11 is 0. The van der Waals surface area contributed by atoms with Crippen LogP contribution < -0.4 is 10.6 Å². The summed E-state index contributed by atoms with van der Waals surface area (Å²) in [5, 5.41) is 6.27. The molecule has 0 bridgehead atoms. The summed E-state index contributed by atoms with van der Waals surface area (Å²) in [6.45, 7) is 7.69. The molecule has 0 aromatic carbocycles. The van der Waals surface area contributed by atoms with Gasteiger partial charge in [-0.1, -0.05) is 13.3 Å². The normalized spacial score (nSPS) is 22.6. The molecule has 1 aliphatic heterocycles. The second kappa shape index (κ2) is 6.31. The lowest BCUT2D eigenvalue weighted by atomic mass is 9.76. The molecule has 1 atom stereocenters. The number of nitrogens with zero attached hydrogens (tertiary/aromatic N) is 2. The third-order valence-corrected chi connectivity index (χ3v) is 3.89. The van der Waals surface area contributed by atoms with Crippen molar-refractivity contribution in [3.63, 3.8) is 0 Å². The van der Waals surface area contributed by atoms with Crippen molar-refractivity contribution < 1.29 is 4.79 Å². The number of rotatable bonds is 4. The molecule has 1 fully saturated rings. The topological polar surface area (TPSA) is 66.9 Å². The number of anilines is 1. The van der Waals surface area contributed by atoms with E-state index in [4.69, 9.17) is 0 Å². The van der Waals surface area contributed by atoms with E-state index in [1.54, 1.807) is 0 Å². The predicted molar refractivity (Wildman–Crippen MR) is 79.6 cm³/mol. The van der Waals surface area contributed by atoms with Gasteiger partial charge >= 0.3 is 0 Å². The van der Waals surface area contributed by atoms with E-state index < -0.39 is 0 Å². The summed E-state index contributed by atoms with van der Waals surface area (Å²) in [7, 11) is 0. The highest BCUT2D eigenvalue weighted by molar-refractivity contribution is 5.94. The Morgan fingerprint density at radius 3 is 2.65 bits per heavy atom. The van der Waals surface area contributed by atoms with Crippen molar-refractivity contribution in [3.8, 4) is 0 Å². The van der Waals surface area contributed by atoms with Crippen LogP contribution in [-0.4, -0.2) is 29.0 Å². The minimum atomic E-state index is -0.311. The third-order valence-electron chi connectivity index (χ3n) is 3.89. The predicted octanol–water partition coefficient (Wildman–Crippen LogP) is 2.20. The van der Waals surface area contributed by atoms with Gasteiger partial charge in [0, 0.05) is 17.9 Å². The number of nitrogens with one attached hydrogen (secondary N) is 2. The highest BCUT2D eigenvalue weighted by atomic mass is 16.2. The first-order chi connectivity index (χ1) is 9.55. The van der Waals surface area contributed by atoms with Gasteiger partial charge in [0.05, 0.1) is 5.41 Å². The average Bonchev–Trinajstić information content (AvgIpc) is 2.38. The highest BCUT2D eigenvalue weighted by Crippen LogP contribution is 2.32. The summed E-state index contributed by atoms with van der Waals surface area (Å²) < 4.78 is 0. The zero-order valence-corrected chi connectivity index (χ0v) is 12.6. The maximum Gasteiger partial charge on any atom is 0.234 e. The first-order valence-electron chi connectivity index (χ1n) is 7.40. The smallest absolute Gasteiger partial charge is 0.234 e. The summed E-state index contributed by atoms with van der Waals surface area (Å²) in [5.74, 6) is 0.477. The molecule has 2 rings (SSSR count). The molecule has 5 nitrogen and oxygen atoms in total. The van der Waals surface area contributed by atoms with Crippen LogP contribution in [0.5, 0.6) is 0 Å². The maximum absolute atomic E-state index is 12.7. The first kappa shape index (κ1) is 14.9. The molecule has 0 spiro atoms. The largest absolute Gasteiger partial charge is 0.316 e. The molecule has 2 heterocycles. The summed E-state index contributed by atoms with van der Waals surface area (Å²) in [4.78, 5) is 21.3. The number of carbonyl (C=O) groups excluding carboxylic acids is 1. The quantitative estimate of drug-likeness (QED) is 0.884. The van der Waals surface area contributed by atoms with E-state index in [9.17, 15) is 4.79 Å². The van der Waals surface area contributed by atoms with Crippen molar-refractivity contribution in [1.82, 2.24) is 15.3 Å². The molecular formula is C15H24N4O. The van der Waals surface area contributed by atoms with Gasteiger partial charge in [-0.25, -0.2) is 9.97 Å². The fourth-order valence-electron chi connectivity index (χ4n) is 2.98. The van der Waals surface area contributed by atoms with Crippen LogP contribution in [0.1, 0.15) is 44.0 Å². The number of carbonyl (C=O) groups is 1. The van der Waals surface area contributed by atoms with E-state index in [2.05, 4.69) is 27.5 Å². The monoisotopic (exact) mass is 276 g/mol. The molecular weight excluding hydrogens is 252 g/mol. The number of amides is 1. The standard InChI is InChI=1S/C15H24N4O/c1-4-6-15(7-5-8-16-10-15)13(20)19-14-17-11(2)9-12(3)18-14/h9,16H,4-8,10H2,1-3H3,(H,17,18,19,20). The van der Waals surface area contributed by atoms with Gasteiger partial charge in [0.2, 0.25) is 11.9 Å². The lowest BCUT2D eigenvalue weighted by Crippen LogP contribution is -2.48. The van der Waals surface area contributed by atoms with Crippen molar-refractivity contribution in [1.29, 1.82) is 0 Å². The number of hydrogen-bond acceptors (Lipinski definition) is 4. The van der Waals surface area contributed by atoms with E-state index in [-0.39, 0.29) is 11.3 Å². The van der Waals surface area contributed by atoms with Crippen LogP contribution in [0.2, 0.25) is 0 Å². The molecule has 2 N–H and O–H groups in total. The van der Waals surface area contributed by atoms with Gasteiger partial charge in [-0.3, -0.25) is 10.1 Å². The van der Waals surface area contributed by atoms with Gasteiger partial charge in [-0.15, -0.1) is 0 Å². The number of aryl methyl sites for hydroxylation is 2. The third kappa shape index (κ3) is 3.33. The zero-order chi connectivity index (χ0) is 14.6. The molecule has 1 aromatic heterocycles. The van der Waals surface area contributed by atoms with Crippen LogP contribution in [0.25, 0.3) is 0 Å². The van der Waals surface area contributed by atoms with Gasteiger partial charge in [-0.05, 0) is 45.7 Å². The van der Waals surface area contributed by atoms with E-state index in [1.807, 2.05) is 19.9 Å². The van der Waals surface area contributed by atoms with Crippen molar-refractivity contribution >= 4 is 11.9 Å².